The quantitative estimate of drug-likeness (QED) is 0.672. The first-order valence-corrected chi connectivity index (χ1v) is 10.4. The number of carbonyl (C=O) groups is 1. The summed E-state index contributed by atoms with van der Waals surface area (Å²) >= 11 is 0. The van der Waals surface area contributed by atoms with E-state index in [0.717, 1.165) is 56.0 Å². The van der Waals surface area contributed by atoms with E-state index in [4.69, 9.17) is 10.00 Å². The van der Waals surface area contributed by atoms with Crippen LogP contribution in [0, 0.1) is 17.1 Å². The predicted molar refractivity (Wildman–Crippen MR) is 110 cm³/mol. The summed E-state index contributed by atoms with van der Waals surface area (Å²) in [6, 6.07) is 6.45. The summed E-state index contributed by atoms with van der Waals surface area (Å²) in [5, 5.41) is 8.82. The normalized spacial score (nSPS) is 14.5. The second-order valence-electron chi connectivity index (χ2n) is 7.50. The number of aromatic nitrogens is 2. The molecule has 1 aliphatic rings. The number of hydrogen-bond acceptors (Lipinski definition) is 5. The van der Waals surface area contributed by atoms with Gasteiger partial charge in [-0.3, -0.25) is 4.90 Å². The van der Waals surface area contributed by atoms with Crippen LogP contribution in [0.1, 0.15) is 42.4 Å². The molecular formula is C22H28FN5O2. The number of amides is 1. The van der Waals surface area contributed by atoms with Crippen molar-refractivity contribution in [3.63, 3.8) is 0 Å². The number of piperazine rings is 1. The van der Waals surface area contributed by atoms with Gasteiger partial charge in [-0.15, -0.1) is 0 Å². The third-order valence-electron chi connectivity index (χ3n) is 5.26. The van der Waals surface area contributed by atoms with Crippen molar-refractivity contribution in [1.82, 2.24) is 19.8 Å². The number of carbonyl (C=O) groups excluding carboxylic acids is 1. The molecular weight excluding hydrogens is 385 g/mol. The lowest BCUT2D eigenvalue weighted by Gasteiger charge is -2.33. The summed E-state index contributed by atoms with van der Waals surface area (Å²) in [6.45, 7) is 6.47. The van der Waals surface area contributed by atoms with Crippen molar-refractivity contribution in [3.8, 4) is 6.07 Å². The number of benzene rings is 1. The molecule has 1 aliphatic heterocycles. The van der Waals surface area contributed by atoms with Crippen LogP contribution < -0.4 is 0 Å². The zero-order valence-electron chi connectivity index (χ0n) is 17.4. The van der Waals surface area contributed by atoms with Crippen LogP contribution in [0.3, 0.4) is 0 Å². The van der Waals surface area contributed by atoms with Gasteiger partial charge < -0.3 is 14.6 Å². The average Bonchev–Trinajstić information content (AvgIpc) is 3.20. The smallest absolute Gasteiger partial charge is 0.409 e. The Labute approximate surface area is 176 Å². The molecule has 30 heavy (non-hydrogen) atoms. The first-order valence-electron chi connectivity index (χ1n) is 10.4. The minimum absolute atomic E-state index is 0.0493. The highest BCUT2D eigenvalue weighted by molar-refractivity contribution is 5.67. The summed E-state index contributed by atoms with van der Waals surface area (Å²) in [4.78, 5) is 23.8. The maximum absolute atomic E-state index is 13.7. The molecule has 0 bridgehead atoms. The summed E-state index contributed by atoms with van der Waals surface area (Å²) in [5.41, 5.74) is 1.85. The molecule has 3 rings (SSSR count). The van der Waals surface area contributed by atoms with Crippen molar-refractivity contribution < 1.29 is 13.9 Å². The van der Waals surface area contributed by atoms with E-state index in [-0.39, 0.29) is 11.7 Å². The van der Waals surface area contributed by atoms with Crippen LogP contribution in [0.5, 0.6) is 0 Å². The molecule has 8 heteroatoms. The van der Waals surface area contributed by atoms with Gasteiger partial charge in [0.2, 0.25) is 0 Å². The zero-order valence-corrected chi connectivity index (χ0v) is 17.4. The van der Waals surface area contributed by atoms with Crippen molar-refractivity contribution in [3.05, 3.63) is 52.9 Å². The molecule has 0 spiro atoms. The number of nitrogens with one attached hydrogen (secondary N) is 1. The topological polar surface area (TPSA) is 85.2 Å². The SMILES string of the molecule is CCCCOC(=O)N1CCN(CCc2cnc(Cc3ccc(C#N)c(F)c3)[nH]2)CC1. The average molecular weight is 413 g/mol. The number of halogens is 1. The van der Waals surface area contributed by atoms with Crippen LogP contribution in [0.4, 0.5) is 9.18 Å². The molecule has 0 unspecified atom stereocenters. The molecule has 2 heterocycles. The van der Waals surface area contributed by atoms with Crippen LogP contribution in [0.2, 0.25) is 0 Å². The van der Waals surface area contributed by atoms with Crippen molar-refractivity contribution in [1.29, 1.82) is 5.26 Å². The van der Waals surface area contributed by atoms with Gasteiger partial charge in [-0.1, -0.05) is 19.4 Å². The molecule has 1 amide bonds. The molecule has 1 aromatic heterocycles. The molecule has 1 aromatic carbocycles. The third kappa shape index (κ3) is 6.04. The van der Waals surface area contributed by atoms with Crippen LogP contribution >= 0.6 is 0 Å². The van der Waals surface area contributed by atoms with Crippen LogP contribution in [-0.2, 0) is 17.6 Å². The Hall–Kier alpha value is -2.92. The van der Waals surface area contributed by atoms with E-state index in [0.29, 0.717) is 26.1 Å². The number of hydrogen-bond donors (Lipinski definition) is 1. The van der Waals surface area contributed by atoms with Crippen LogP contribution in [-0.4, -0.2) is 65.2 Å². The number of ether oxygens (including phenoxy) is 1. The fourth-order valence-electron chi connectivity index (χ4n) is 3.40. The number of rotatable bonds is 8. The Morgan fingerprint density at radius 1 is 1.33 bits per heavy atom. The molecule has 0 radical (unpaired) electrons. The summed E-state index contributed by atoms with van der Waals surface area (Å²) < 4.78 is 19.0. The van der Waals surface area contributed by atoms with Gasteiger partial charge in [-0.25, -0.2) is 14.2 Å². The first-order chi connectivity index (χ1) is 14.6. The van der Waals surface area contributed by atoms with E-state index in [2.05, 4.69) is 21.8 Å². The van der Waals surface area contributed by atoms with Gasteiger partial charge in [0.25, 0.3) is 0 Å². The minimum atomic E-state index is -0.504. The Morgan fingerprint density at radius 3 is 2.83 bits per heavy atom. The molecule has 0 atom stereocenters. The van der Waals surface area contributed by atoms with Crippen LogP contribution in [0.15, 0.2) is 24.4 Å². The lowest BCUT2D eigenvalue weighted by molar-refractivity contribution is 0.0757. The highest BCUT2D eigenvalue weighted by Gasteiger charge is 2.21. The van der Waals surface area contributed by atoms with E-state index >= 15 is 0 Å². The number of nitrogens with zero attached hydrogens (tertiary/aromatic N) is 4. The molecule has 0 aliphatic carbocycles. The zero-order chi connectivity index (χ0) is 21.3. The highest BCUT2D eigenvalue weighted by Crippen LogP contribution is 2.13. The van der Waals surface area contributed by atoms with Gasteiger partial charge in [0, 0.05) is 57.5 Å². The fraction of sp³-hybridized carbons (Fsp3) is 0.500. The largest absolute Gasteiger partial charge is 0.449 e. The van der Waals surface area contributed by atoms with Gasteiger partial charge >= 0.3 is 6.09 Å². The second kappa shape index (κ2) is 10.7. The Morgan fingerprint density at radius 2 is 2.13 bits per heavy atom. The van der Waals surface area contributed by atoms with Crippen molar-refractivity contribution in [2.24, 2.45) is 0 Å². The molecule has 2 aromatic rings. The van der Waals surface area contributed by atoms with E-state index in [1.54, 1.807) is 11.0 Å². The molecule has 1 N–H and O–H groups in total. The maximum atomic E-state index is 13.7. The summed E-state index contributed by atoms with van der Waals surface area (Å²) in [6.07, 6.45) is 4.84. The maximum Gasteiger partial charge on any atom is 0.409 e. The standard InChI is InChI=1S/C22H28FN5O2/c1-2-3-12-30-22(29)28-10-8-27(9-11-28)7-6-19-16-25-21(26-19)14-17-4-5-18(15-24)20(23)13-17/h4-5,13,16H,2-3,6-12,14H2,1H3,(H,25,26). The number of unbranched alkanes of at least 4 members (excludes halogenated alkanes) is 1. The number of aromatic amines is 1. The number of nitriles is 1. The first kappa shape index (κ1) is 21.8. The van der Waals surface area contributed by atoms with Gasteiger partial charge in [-0.2, -0.15) is 5.26 Å². The van der Waals surface area contributed by atoms with Crippen LogP contribution in [0.25, 0.3) is 0 Å². The van der Waals surface area contributed by atoms with Gasteiger partial charge in [0.15, 0.2) is 0 Å². The predicted octanol–water partition coefficient (Wildman–Crippen LogP) is 3.11. The molecule has 7 nitrogen and oxygen atoms in total. The molecule has 160 valence electrons. The third-order valence-corrected chi connectivity index (χ3v) is 5.26. The second-order valence-corrected chi connectivity index (χ2v) is 7.50. The highest BCUT2D eigenvalue weighted by atomic mass is 19.1. The van der Waals surface area contributed by atoms with E-state index in [1.165, 1.54) is 12.1 Å². The lowest BCUT2D eigenvalue weighted by atomic mass is 10.1. The summed E-state index contributed by atoms with van der Waals surface area (Å²) in [7, 11) is 0. The summed E-state index contributed by atoms with van der Waals surface area (Å²) in [5.74, 6) is 0.268. The lowest BCUT2D eigenvalue weighted by Crippen LogP contribution is -2.49. The number of imidazole rings is 1. The van der Waals surface area contributed by atoms with Crippen molar-refractivity contribution in [2.75, 3.05) is 39.3 Å². The monoisotopic (exact) mass is 413 g/mol. The molecule has 0 saturated carbocycles. The van der Waals surface area contributed by atoms with Gasteiger partial charge in [0.1, 0.15) is 17.7 Å². The molecule has 1 saturated heterocycles. The minimum Gasteiger partial charge on any atom is -0.449 e. The molecule has 1 fully saturated rings. The van der Waals surface area contributed by atoms with Crippen molar-refractivity contribution in [2.45, 2.75) is 32.6 Å². The number of H-pyrrole nitrogens is 1. The Balaban J connectivity index is 1.41. The van der Waals surface area contributed by atoms with E-state index in [1.807, 2.05) is 12.3 Å². The van der Waals surface area contributed by atoms with Gasteiger partial charge in [-0.05, 0) is 24.1 Å². The van der Waals surface area contributed by atoms with E-state index in [9.17, 15) is 9.18 Å². The fourth-order valence-corrected chi connectivity index (χ4v) is 3.40. The van der Waals surface area contributed by atoms with Crippen molar-refractivity contribution >= 4 is 6.09 Å². The Kier molecular flexibility index (Phi) is 7.80. The van der Waals surface area contributed by atoms with Gasteiger partial charge in [0.05, 0.1) is 12.2 Å². The van der Waals surface area contributed by atoms with E-state index < -0.39 is 5.82 Å². The Bertz CT molecular complexity index is 884.